The maximum Gasteiger partial charge on any atom is 0.320 e. The Bertz CT molecular complexity index is 1180. The number of nitrogens with one attached hydrogen (secondary N) is 4. The van der Waals surface area contributed by atoms with Gasteiger partial charge in [-0.1, -0.05) is 19.2 Å². The summed E-state index contributed by atoms with van der Waals surface area (Å²) in [6, 6.07) is 4.80. The normalized spacial score (nSPS) is 14.3. The summed E-state index contributed by atoms with van der Waals surface area (Å²) in [6.07, 6.45) is 6.02. The van der Waals surface area contributed by atoms with Crippen LogP contribution in [0.2, 0.25) is 0 Å². The Morgan fingerprint density at radius 2 is 2.00 bits per heavy atom. The molecule has 3 amide bonds. The molecule has 0 aliphatic carbocycles. The van der Waals surface area contributed by atoms with Crippen LogP contribution in [0.3, 0.4) is 0 Å². The Balaban J connectivity index is 2.56. The van der Waals surface area contributed by atoms with Gasteiger partial charge in [0.1, 0.15) is 17.4 Å². The van der Waals surface area contributed by atoms with Gasteiger partial charge in [0.25, 0.3) is 5.91 Å². The molecule has 36 heavy (non-hydrogen) atoms. The van der Waals surface area contributed by atoms with E-state index < -0.39 is 17.8 Å². The number of nitrogens with two attached hydrogens (primary N) is 3. The molecular formula is C24H29FN8O3. The standard InChI is InChI=1S/C24H29FN8O3/c1-4-19(16-10-17(13-29-12-16)22(34)32-27)20(11-21(26)31-24(35)30-5-2)14(3)36-23(33-28)15-6-8-18(25)9-7-15/h4,6-11,13,29H,1,3,5,12,26-28H2,2H3,(H,32,34)(H2,30,31,35)/b20-19-,21-11+,33-23-. The quantitative estimate of drug-likeness (QED) is 0.0506. The van der Waals surface area contributed by atoms with Crippen LogP contribution in [0.1, 0.15) is 12.5 Å². The van der Waals surface area contributed by atoms with Crippen LogP contribution in [0, 0.1) is 5.82 Å². The minimum absolute atomic E-state index is 0.0272. The number of amides is 3. The zero-order chi connectivity index (χ0) is 26.7. The molecule has 0 radical (unpaired) electrons. The Morgan fingerprint density at radius 1 is 1.31 bits per heavy atom. The van der Waals surface area contributed by atoms with E-state index in [4.69, 9.17) is 22.2 Å². The molecule has 1 aliphatic heterocycles. The summed E-state index contributed by atoms with van der Waals surface area (Å²) in [7, 11) is 0. The molecule has 190 valence electrons. The lowest BCUT2D eigenvalue weighted by atomic mass is 9.94. The topological polar surface area (TPSA) is 182 Å². The van der Waals surface area contributed by atoms with Crippen LogP contribution >= 0.6 is 0 Å². The van der Waals surface area contributed by atoms with Crippen LogP contribution in [0.25, 0.3) is 0 Å². The molecule has 1 aromatic rings. The summed E-state index contributed by atoms with van der Waals surface area (Å²) >= 11 is 0. The molecule has 1 aliphatic rings. The van der Waals surface area contributed by atoms with E-state index in [1.54, 1.807) is 13.0 Å². The molecule has 10 N–H and O–H groups in total. The monoisotopic (exact) mass is 496 g/mol. The number of benzene rings is 1. The van der Waals surface area contributed by atoms with Crippen LogP contribution in [0.4, 0.5) is 9.18 Å². The predicted molar refractivity (Wildman–Crippen MR) is 136 cm³/mol. The lowest BCUT2D eigenvalue weighted by Gasteiger charge is -2.20. The molecule has 12 heteroatoms. The third-order valence-corrected chi connectivity index (χ3v) is 4.74. The second-order valence-electron chi connectivity index (χ2n) is 7.21. The lowest BCUT2D eigenvalue weighted by Crippen LogP contribution is -2.37. The van der Waals surface area contributed by atoms with Gasteiger partial charge in [0.05, 0.1) is 5.57 Å². The summed E-state index contributed by atoms with van der Waals surface area (Å²) in [5.74, 6) is 9.75. The molecule has 1 aromatic carbocycles. The first-order valence-corrected chi connectivity index (χ1v) is 10.7. The summed E-state index contributed by atoms with van der Waals surface area (Å²) in [6.45, 7) is 10.3. The number of hydrazine groups is 1. The Kier molecular flexibility index (Phi) is 10.0. The third kappa shape index (κ3) is 7.33. The molecule has 0 saturated heterocycles. The van der Waals surface area contributed by atoms with Crippen molar-refractivity contribution < 1.29 is 18.7 Å². The van der Waals surface area contributed by atoms with E-state index in [-0.39, 0.29) is 23.1 Å². The molecule has 0 unspecified atom stereocenters. The van der Waals surface area contributed by atoms with E-state index in [2.05, 4.69) is 39.6 Å². The van der Waals surface area contributed by atoms with Gasteiger partial charge in [-0.2, -0.15) is 0 Å². The van der Waals surface area contributed by atoms with Gasteiger partial charge < -0.3 is 26.9 Å². The van der Waals surface area contributed by atoms with E-state index in [0.29, 0.717) is 35.4 Å². The van der Waals surface area contributed by atoms with Crippen LogP contribution < -0.4 is 38.8 Å². The first kappa shape index (κ1) is 27.4. The number of ether oxygens (including phenoxy) is 1. The molecule has 0 aromatic heterocycles. The molecule has 0 atom stereocenters. The lowest BCUT2D eigenvalue weighted by molar-refractivity contribution is -0.117. The van der Waals surface area contributed by atoms with Crippen LogP contribution in [0.5, 0.6) is 0 Å². The first-order chi connectivity index (χ1) is 17.2. The molecule has 0 spiro atoms. The van der Waals surface area contributed by atoms with Crippen molar-refractivity contribution in [2.24, 2.45) is 22.5 Å². The summed E-state index contributed by atoms with van der Waals surface area (Å²) in [4.78, 5) is 24.0. The molecular weight excluding hydrogens is 467 g/mol. The average Bonchev–Trinajstić information content (AvgIpc) is 2.87. The molecule has 0 fully saturated rings. The van der Waals surface area contributed by atoms with Crippen molar-refractivity contribution in [2.45, 2.75) is 6.92 Å². The zero-order valence-corrected chi connectivity index (χ0v) is 19.7. The number of rotatable bonds is 9. The highest BCUT2D eigenvalue weighted by molar-refractivity contribution is 5.96. The minimum atomic E-state index is -0.517. The zero-order valence-electron chi connectivity index (χ0n) is 19.7. The predicted octanol–water partition coefficient (Wildman–Crippen LogP) is 0.982. The van der Waals surface area contributed by atoms with Crippen LogP contribution in [0.15, 0.2) is 101 Å². The van der Waals surface area contributed by atoms with Crippen molar-refractivity contribution in [1.29, 1.82) is 0 Å². The average molecular weight is 497 g/mol. The van der Waals surface area contributed by atoms with Gasteiger partial charge in [-0.05, 0) is 54.5 Å². The number of urea groups is 1. The van der Waals surface area contributed by atoms with E-state index in [0.717, 1.165) is 0 Å². The van der Waals surface area contributed by atoms with Crippen LogP contribution in [-0.2, 0) is 9.53 Å². The smallest absolute Gasteiger partial charge is 0.320 e. The number of carbonyl (C=O) groups is 2. The molecule has 11 nitrogen and oxygen atoms in total. The van der Waals surface area contributed by atoms with Gasteiger partial charge in [-0.25, -0.2) is 15.0 Å². The third-order valence-electron chi connectivity index (χ3n) is 4.74. The van der Waals surface area contributed by atoms with E-state index in [9.17, 15) is 14.0 Å². The number of hydrogen-bond acceptors (Lipinski definition) is 8. The second-order valence-corrected chi connectivity index (χ2v) is 7.21. The SMILES string of the molecule is C=C/C(C1=CC(C(=O)NN)=CNC1)=C(\C=C(/N)NC(=O)NCC)C(=C)O/C(=N\N)c1ccc(F)cc1. The van der Waals surface area contributed by atoms with Crippen molar-refractivity contribution in [1.82, 2.24) is 21.4 Å². The van der Waals surface area contributed by atoms with Gasteiger partial charge in [0, 0.05) is 30.4 Å². The summed E-state index contributed by atoms with van der Waals surface area (Å²) in [5.41, 5.74) is 10.2. The largest absolute Gasteiger partial charge is 0.437 e. The van der Waals surface area contributed by atoms with E-state index in [1.165, 1.54) is 42.6 Å². The maximum absolute atomic E-state index is 13.4. The van der Waals surface area contributed by atoms with E-state index >= 15 is 0 Å². The molecule has 2 rings (SSSR count). The molecule has 0 bridgehead atoms. The van der Waals surface area contributed by atoms with Crippen LogP contribution in [-0.4, -0.2) is 30.9 Å². The van der Waals surface area contributed by atoms with Crippen molar-refractivity contribution in [3.8, 4) is 0 Å². The Morgan fingerprint density at radius 3 is 2.58 bits per heavy atom. The van der Waals surface area contributed by atoms with Gasteiger partial charge in [0.15, 0.2) is 0 Å². The van der Waals surface area contributed by atoms with Crippen molar-refractivity contribution in [3.05, 3.63) is 107 Å². The second kappa shape index (κ2) is 13.2. The molecule has 0 saturated carbocycles. The fourth-order valence-corrected chi connectivity index (χ4v) is 3.11. The van der Waals surface area contributed by atoms with Gasteiger partial charge in [-0.3, -0.25) is 15.5 Å². The first-order valence-electron chi connectivity index (χ1n) is 10.7. The Labute approximate surface area is 208 Å². The number of allylic oxidation sites excluding steroid dienone is 2. The highest BCUT2D eigenvalue weighted by Crippen LogP contribution is 2.27. The highest BCUT2D eigenvalue weighted by Gasteiger charge is 2.19. The number of hydrogen-bond donors (Lipinski definition) is 7. The van der Waals surface area contributed by atoms with Gasteiger partial charge in [0.2, 0.25) is 5.90 Å². The summed E-state index contributed by atoms with van der Waals surface area (Å²) < 4.78 is 19.2. The van der Waals surface area contributed by atoms with Crippen molar-refractivity contribution in [2.75, 3.05) is 13.1 Å². The van der Waals surface area contributed by atoms with E-state index in [1.807, 2.05) is 0 Å². The fourth-order valence-electron chi connectivity index (χ4n) is 3.11. The van der Waals surface area contributed by atoms with Gasteiger partial charge >= 0.3 is 6.03 Å². The number of halogens is 1. The number of dihydropyridines is 1. The fraction of sp³-hybridized carbons (Fsp3) is 0.125. The molecule has 1 heterocycles. The number of nitrogens with zero attached hydrogens (tertiary/aromatic N) is 1. The Hall–Kier alpha value is -4.84. The number of hydrazone groups is 1. The van der Waals surface area contributed by atoms with Crippen molar-refractivity contribution >= 4 is 17.8 Å². The minimum Gasteiger partial charge on any atom is -0.437 e. The highest BCUT2D eigenvalue weighted by atomic mass is 19.1. The number of carbonyl (C=O) groups excluding carboxylic acids is 2. The van der Waals surface area contributed by atoms with Gasteiger partial charge in [-0.15, -0.1) is 5.10 Å². The van der Waals surface area contributed by atoms with Crippen molar-refractivity contribution in [3.63, 3.8) is 0 Å². The summed E-state index contributed by atoms with van der Waals surface area (Å²) in [5, 5.41) is 11.7. The maximum atomic E-state index is 13.4.